The molecule has 7 nitrogen and oxygen atoms in total. The summed E-state index contributed by atoms with van der Waals surface area (Å²) in [6.07, 6.45) is 1.30. The van der Waals surface area contributed by atoms with Gasteiger partial charge in [-0.05, 0) is 30.3 Å². The molecule has 1 saturated heterocycles. The van der Waals surface area contributed by atoms with Crippen molar-refractivity contribution >= 4 is 27.7 Å². The molecule has 0 bridgehead atoms. The number of carbonyl (C=O) groups excluding carboxylic acids is 1. The Kier molecular flexibility index (Phi) is 6.78. The second-order valence-electron chi connectivity index (χ2n) is 8.46. The number of halogens is 1. The number of hydrogen-bond donors (Lipinski definition) is 0. The Hall–Kier alpha value is -2.97. The number of morpholine rings is 1. The van der Waals surface area contributed by atoms with Gasteiger partial charge in [-0.15, -0.1) is 0 Å². The van der Waals surface area contributed by atoms with E-state index in [1.165, 1.54) is 0 Å². The highest BCUT2D eigenvalue weighted by atomic mass is 79.9. The van der Waals surface area contributed by atoms with Gasteiger partial charge in [-0.3, -0.25) is 4.79 Å². The molecule has 0 saturated carbocycles. The van der Waals surface area contributed by atoms with Gasteiger partial charge in [-0.2, -0.15) is 0 Å². The molecule has 0 atom stereocenters. The van der Waals surface area contributed by atoms with Crippen molar-refractivity contribution in [1.82, 2.24) is 14.9 Å². The Morgan fingerprint density at radius 3 is 2.59 bits per heavy atom. The Balaban J connectivity index is 1.47. The summed E-state index contributed by atoms with van der Waals surface area (Å²) in [5.41, 5.74) is 3.82. The maximum absolute atomic E-state index is 13.2. The van der Waals surface area contributed by atoms with Gasteiger partial charge in [0.1, 0.15) is 17.4 Å². The number of para-hydroxylation sites is 1. The second-order valence-corrected chi connectivity index (χ2v) is 9.38. The topological polar surface area (TPSA) is 67.8 Å². The summed E-state index contributed by atoms with van der Waals surface area (Å²) in [4.78, 5) is 27.3. The van der Waals surface area contributed by atoms with Crippen molar-refractivity contribution in [3.63, 3.8) is 0 Å². The van der Waals surface area contributed by atoms with E-state index in [1.807, 2.05) is 47.4 Å². The van der Waals surface area contributed by atoms with Crippen molar-refractivity contribution in [2.45, 2.75) is 19.4 Å². The minimum Gasteiger partial charge on any atom is -0.496 e. The van der Waals surface area contributed by atoms with Gasteiger partial charge in [0, 0.05) is 53.6 Å². The molecule has 2 aromatic carbocycles. The summed E-state index contributed by atoms with van der Waals surface area (Å²) in [5, 5.41) is 0. The molecule has 0 unspecified atom stereocenters. The maximum atomic E-state index is 13.2. The van der Waals surface area contributed by atoms with Crippen LogP contribution in [0.25, 0.3) is 0 Å². The van der Waals surface area contributed by atoms with Gasteiger partial charge < -0.3 is 19.3 Å². The fourth-order valence-corrected chi connectivity index (χ4v) is 4.79. The molecular formula is C26H27BrN4O3. The Bertz CT molecular complexity index is 1180. The minimum absolute atomic E-state index is 0.0316. The quantitative estimate of drug-likeness (QED) is 0.506. The molecule has 0 N–H and O–H groups in total. The van der Waals surface area contributed by atoms with Crippen molar-refractivity contribution in [2.75, 3.05) is 44.9 Å². The predicted octanol–water partition coefficient (Wildman–Crippen LogP) is 3.87. The first-order chi connectivity index (χ1) is 16.6. The molecule has 1 amide bonds. The van der Waals surface area contributed by atoms with E-state index in [0.29, 0.717) is 44.7 Å². The van der Waals surface area contributed by atoms with E-state index < -0.39 is 0 Å². The van der Waals surface area contributed by atoms with Gasteiger partial charge >= 0.3 is 0 Å². The number of methoxy groups -OCH3 is 1. The fraction of sp³-hybridized carbons (Fsp3) is 0.346. The second kappa shape index (κ2) is 10.1. The number of rotatable bonds is 5. The van der Waals surface area contributed by atoms with Crippen molar-refractivity contribution in [1.29, 1.82) is 0 Å². The Morgan fingerprint density at radius 1 is 1.06 bits per heavy atom. The smallest absolute Gasteiger partial charge is 0.254 e. The number of benzene rings is 2. The van der Waals surface area contributed by atoms with Crippen LogP contribution in [-0.2, 0) is 24.1 Å². The summed E-state index contributed by atoms with van der Waals surface area (Å²) in [6.45, 7) is 4.03. The SMILES string of the molecule is COc1ccccc1Cc1nc2c(c(N3CCOCC3)n1)CN(C(=O)c1ccc(Br)cc1)CC2. The highest BCUT2D eigenvalue weighted by Gasteiger charge is 2.29. The number of carbonyl (C=O) groups is 1. The average Bonchev–Trinajstić information content (AvgIpc) is 2.89. The van der Waals surface area contributed by atoms with Crippen LogP contribution in [0, 0.1) is 0 Å². The first kappa shape index (κ1) is 22.8. The molecule has 5 rings (SSSR count). The summed E-state index contributed by atoms with van der Waals surface area (Å²) in [5.74, 6) is 2.57. The van der Waals surface area contributed by atoms with Crippen LogP contribution in [0.15, 0.2) is 53.0 Å². The summed E-state index contributed by atoms with van der Waals surface area (Å²) in [6, 6.07) is 15.5. The third-order valence-corrected chi connectivity index (χ3v) is 6.84. The number of fused-ring (bicyclic) bond motifs is 1. The van der Waals surface area contributed by atoms with Crippen LogP contribution in [-0.4, -0.2) is 60.7 Å². The van der Waals surface area contributed by atoms with Gasteiger partial charge in [-0.1, -0.05) is 34.1 Å². The van der Waals surface area contributed by atoms with Crippen molar-refractivity contribution < 1.29 is 14.3 Å². The lowest BCUT2D eigenvalue weighted by Crippen LogP contribution is -2.41. The number of aromatic nitrogens is 2. The fourth-order valence-electron chi connectivity index (χ4n) is 4.53. The highest BCUT2D eigenvalue weighted by molar-refractivity contribution is 9.10. The van der Waals surface area contributed by atoms with E-state index in [1.54, 1.807) is 7.11 Å². The van der Waals surface area contributed by atoms with Gasteiger partial charge in [0.15, 0.2) is 0 Å². The molecule has 2 aliphatic heterocycles. The van der Waals surface area contributed by atoms with Crippen LogP contribution in [0.2, 0.25) is 0 Å². The molecule has 0 radical (unpaired) electrons. The van der Waals surface area contributed by atoms with Crippen LogP contribution in [0.1, 0.15) is 33.0 Å². The Labute approximate surface area is 207 Å². The summed E-state index contributed by atoms with van der Waals surface area (Å²) >= 11 is 3.44. The largest absolute Gasteiger partial charge is 0.496 e. The third kappa shape index (κ3) is 4.79. The average molecular weight is 523 g/mol. The van der Waals surface area contributed by atoms with Crippen LogP contribution < -0.4 is 9.64 Å². The molecule has 176 valence electrons. The van der Waals surface area contributed by atoms with Crippen molar-refractivity contribution in [3.8, 4) is 5.75 Å². The zero-order chi connectivity index (χ0) is 23.5. The molecule has 3 aromatic rings. The standard InChI is InChI=1S/C26H27BrN4O3/c1-33-23-5-3-2-4-19(23)16-24-28-22-10-11-31(26(32)18-6-8-20(27)9-7-18)17-21(22)25(29-24)30-12-14-34-15-13-30/h2-9H,10-17H2,1H3. The van der Waals surface area contributed by atoms with E-state index in [4.69, 9.17) is 19.4 Å². The first-order valence-corrected chi connectivity index (χ1v) is 12.3. The number of nitrogens with zero attached hydrogens (tertiary/aromatic N) is 4. The molecule has 0 spiro atoms. The van der Waals surface area contributed by atoms with Gasteiger partial charge in [-0.25, -0.2) is 9.97 Å². The van der Waals surface area contributed by atoms with Crippen LogP contribution >= 0.6 is 15.9 Å². The molecule has 2 aliphatic rings. The van der Waals surface area contributed by atoms with Crippen LogP contribution in [0.3, 0.4) is 0 Å². The molecule has 1 fully saturated rings. The molecular weight excluding hydrogens is 496 g/mol. The van der Waals surface area contributed by atoms with Gasteiger partial charge in [0.25, 0.3) is 5.91 Å². The lowest BCUT2D eigenvalue weighted by Gasteiger charge is -2.34. The lowest BCUT2D eigenvalue weighted by atomic mass is 10.0. The van der Waals surface area contributed by atoms with E-state index >= 15 is 0 Å². The van der Waals surface area contributed by atoms with Gasteiger partial charge in [0.05, 0.1) is 32.6 Å². The van der Waals surface area contributed by atoms with E-state index in [0.717, 1.165) is 51.8 Å². The molecule has 3 heterocycles. The van der Waals surface area contributed by atoms with E-state index in [9.17, 15) is 4.79 Å². The minimum atomic E-state index is 0.0316. The van der Waals surface area contributed by atoms with Crippen molar-refractivity contribution in [3.05, 3.63) is 81.2 Å². The number of hydrogen-bond acceptors (Lipinski definition) is 6. The number of ether oxygens (including phenoxy) is 2. The normalized spacial score (nSPS) is 15.7. The van der Waals surface area contributed by atoms with E-state index in [2.05, 4.69) is 26.9 Å². The van der Waals surface area contributed by atoms with Crippen LogP contribution in [0.4, 0.5) is 5.82 Å². The summed E-state index contributed by atoms with van der Waals surface area (Å²) in [7, 11) is 1.68. The predicted molar refractivity (Wildman–Crippen MR) is 133 cm³/mol. The molecule has 8 heteroatoms. The first-order valence-electron chi connectivity index (χ1n) is 11.5. The molecule has 0 aliphatic carbocycles. The van der Waals surface area contributed by atoms with E-state index in [-0.39, 0.29) is 5.91 Å². The highest BCUT2D eigenvalue weighted by Crippen LogP contribution is 2.30. The molecule has 34 heavy (non-hydrogen) atoms. The number of amides is 1. The lowest BCUT2D eigenvalue weighted by molar-refractivity contribution is 0.0733. The Morgan fingerprint density at radius 2 is 1.82 bits per heavy atom. The number of anilines is 1. The zero-order valence-corrected chi connectivity index (χ0v) is 20.8. The summed E-state index contributed by atoms with van der Waals surface area (Å²) < 4.78 is 12.1. The van der Waals surface area contributed by atoms with Gasteiger partial charge in [0.2, 0.25) is 0 Å². The van der Waals surface area contributed by atoms with Crippen molar-refractivity contribution in [2.24, 2.45) is 0 Å². The third-order valence-electron chi connectivity index (χ3n) is 6.31. The zero-order valence-electron chi connectivity index (χ0n) is 19.2. The van der Waals surface area contributed by atoms with Crippen LogP contribution in [0.5, 0.6) is 5.75 Å². The maximum Gasteiger partial charge on any atom is 0.254 e. The monoisotopic (exact) mass is 522 g/mol. The molecule has 1 aromatic heterocycles.